The summed E-state index contributed by atoms with van der Waals surface area (Å²) in [7, 11) is 0. The summed E-state index contributed by atoms with van der Waals surface area (Å²) in [6, 6.07) is 5.51. The van der Waals surface area contributed by atoms with Crippen molar-refractivity contribution < 1.29 is 14.5 Å². The second-order valence-electron chi connectivity index (χ2n) is 3.24. The van der Waals surface area contributed by atoms with Gasteiger partial charge in [0.2, 0.25) is 5.37 Å². The van der Waals surface area contributed by atoms with Crippen LogP contribution in [0.3, 0.4) is 0 Å². The van der Waals surface area contributed by atoms with Gasteiger partial charge in [0.05, 0.1) is 10.6 Å². The van der Waals surface area contributed by atoms with Gasteiger partial charge in [-0.1, -0.05) is 6.07 Å². The molecule has 18 heavy (non-hydrogen) atoms. The fraction of sp³-hybridized carbons (Fsp3) is 0.111. The zero-order chi connectivity index (χ0) is 13.1. The maximum Gasteiger partial charge on any atom is 0.288 e. The van der Waals surface area contributed by atoms with Crippen LogP contribution in [-0.2, 0) is 4.79 Å². The predicted molar refractivity (Wildman–Crippen MR) is 62.5 cm³/mol. The third kappa shape index (κ3) is 2.69. The number of azo groups is 1. The average molecular weight is 266 g/mol. The number of carbonyl (C=O) groups is 2. The molecule has 2 amide bonds. The molecule has 1 aromatic carbocycles. The number of amides is 2. The zero-order valence-corrected chi connectivity index (χ0v) is 9.59. The number of nitro benzene ring substituents is 1. The van der Waals surface area contributed by atoms with Gasteiger partial charge in [-0.25, -0.2) is 0 Å². The summed E-state index contributed by atoms with van der Waals surface area (Å²) in [4.78, 5) is 32.0. The van der Waals surface area contributed by atoms with Crippen molar-refractivity contribution in [2.75, 3.05) is 0 Å². The van der Waals surface area contributed by atoms with Crippen LogP contribution in [-0.4, -0.2) is 21.4 Å². The second-order valence-corrected chi connectivity index (χ2v) is 4.29. The molecule has 1 aromatic rings. The number of thioether (sulfide) groups is 1. The average Bonchev–Trinajstić information content (AvgIpc) is 2.65. The largest absolute Gasteiger partial charge is 0.288 e. The number of carbonyl (C=O) groups excluding carboxylic acids is 2. The SMILES string of the molecule is O=C1NC(=O)C(N=Nc2cccc([N+](=O)[O-])c2)S1. The minimum Gasteiger partial charge on any atom is -0.284 e. The van der Waals surface area contributed by atoms with Crippen LogP contribution < -0.4 is 5.32 Å². The van der Waals surface area contributed by atoms with Crippen molar-refractivity contribution in [3.63, 3.8) is 0 Å². The Kier molecular flexibility index (Phi) is 3.33. The Morgan fingerprint density at radius 3 is 2.78 bits per heavy atom. The van der Waals surface area contributed by atoms with E-state index in [1.54, 1.807) is 0 Å². The van der Waals surface area contributed by atoms with Crippen molar-refractivity contribution in [1.82, 2.24) is 5.32 Å². The normalized spacial score (nSPS) is 19.2. The van der Waals surface area contributed by atoms with Crippen LogP contribution >= 0.6 is 11.8 Å². The van der Waals surface area contributed by atoms with Crippen molar-refractivity contribution in [3.05, 3.63) is 34.4 Å². The number of nitrogens with one attached hydrogen (secondary N) is 1. The molecule has 1 N–H and O–H groups in total. The molecule has 1 atom stereocenters. The standard InChI is InChI=1S/C9H6N4O4S/c14-7-8(18-9(15)10-7)12-11-5-2-1-3-6(4-5)13(16)17/h1-4,8H,(H,10,14,15). The molecule has 0 bridgehead atoms. The number of hydrogen-bond donors (Lipinski definition) is 1. The minimum absolute atomic E-state index is 0.119. The van der Waals surface area contributed by atoms with Crippen molar-refractivity contribution in [2.24, 2.45) is 10.2 Å². The molecule has 0 spiro atoms. The molecule has 8 nitrogen and oxygen atoms in total. The van der Waals surface area contributed by atoms with Crippen LogP contribution in [0, 0.1) is 10.1 Å². The van der Waals surface area contributed by atoms with E-state index in [-0.39, 0.29) is 11.4 Å². The van der Waals surface area contributed by atoms with E-state index in [0.29, 0.717) is 11.8 Å². The Bertz CT molecular complexity index is 559. The van der Waals surface area contributed by atoms with Crippen molar-refractivity contribution >= 4 is 34.3 Å². The molecular weight excluding hydrogens is 260 g/mol. The fourth-order valence-corrected chi connectivity index (χ4v) is 1.83. The number of nitro groups is 1. The number of nitrogens with zero attached hydrogens (tertiary/aromatic N) is 3. The Hall–Kier alpha value is -2.29. The Balaban J connectivity index is 2.14. The Morgan fingerprint density at radius 1 is 1.39 bits per heavy atom. The second kappa shape index (κ2) is 4.92. The first-order chi connectivity index (χ1) is 8.56. The molecular formula is C9H6N4O4S. The van der Waals surface area contributed by atoms with E-state index in [1.165, 1.54) is 24.3 Å². The molecule has 0 aliphatic carbocycles. The molecule has 1 saturated heterocycles. The van der Waals surface area contributed by atoms with Gasteiger partial charge in [-0.05, 0) is 17.8 Å². The summed E-state index contributed by atoms with van der Waals surface area (Å²) in [5, 5.41) is 18.5. The van der Waals surface area contributed by atoms with Gasteiger partial charge in [-0.2, -0.15) is 10.2 Å². The van der Waals surface area contributed by atoms with Crippen LogP contribution in [0.15, 0.2) is 34.5 Å². The lowest BCUT2D eigenvalue weighted by molar-refractivity contribution is -0.384. The molecule has 1 aliphatic heterocycles. The molecule has 0 saturated carbocycles. The van der Waals surface area contributed by atoms with Gasteiger partial charge in [-0.3, -0.25) is 25.0 Å². The summed E-state index contributed by atoms with van der Waals surface area (Å²) < 4.78 is 0. The Morgan fingerprint density at radius 2 is 2.17 bits per heavy atom. The van der Waals surface area contributed by atoms with Gasteiger partial charge in [0.1, 0.15) is 0 Å². The van der Waals surface area contributed by atoms with E-state index < -0.39 is 21.4 Å². The highest BCUT2D eigenvalue weighted by Crippen LogP contribution is 2.24. The van der Waals surface area contributed by atoms with Crippen LogP contribution in [0.25, 0.3) is 0 Å². The first-order valence-electron chi connectivity index (χ1n) is 4.73. The van der Waals surface area contributed by atoms with E-state index >= 15 is 0 Å². The lowest BCUT2D eigenvalue weighted by Crippen LogP contribution is -2.22. The lowest BCUT2D eigenvalue weighted by Gasteiger charge is -1.96. The fourth-order valence-electron chi connectivity index (χ4n) is 1.21. The number of imide groups is 1. The van der Waals surface area contributed by atoms with Gasteiger partial charge in [-0.15, -0.1) is 0 Å². The smallest absolute Gasteiger partial charge is 0.284 e. The number of rotatable bonds is 3. The number of non-ortho nitro benzene ring substituents is 1. The van der Waals surface area contributed by atoms with Gasteiger partial charge < -0.3 is 0 Å². The molecule has 2 rings (SSSR count). The molecule has 1 aliphatic rings. The van der Waals surface area contributed by atoms with Crippen molar-refractivity contribution in [1.29, 1.82) is 0 Å². The van der Waals surface area contributed by atoms with Crippen LogP contribution in [0.4, 0.5) is 16.2 Å². The zero-order valence-electron chi connectivity index (χ0n) is 8.77. The quantitative estimate of drug-likeness (QED) is 0.510. The van der Waals surface area contributed by atoms with Crippen LogP contribution in [0.5, 0.6) is 0 Å². The highest BCUT2D eigenvalue weighted by Gasteiger charge is 2.31. The lowest BCUT2D eigenvalue weighted by atomic mass is 10.3. The molecule has 1 fully saturated rings. The molecule has 92 valence electrons. The third-order valence-electron chi connectivity index (χ3n) is 1.99. The number of benzene rings is 1. The maximum atomic E-state index is 11.2. The predicted octanol–water partition coefficient (Wildman–Crippen LogP) is 1.99. The summed E-state index contributed by atoms with van der Waals surface area (Å²) in [5.74, 6) is -0.542. The highest BCUT2D eigenvalue weighted by atomic mass is 32.2. The monoisotopic (exact) mass is 266 g/mol. The molecule has 0 aromatic heterocycles. The first-order valence-corrected chi connectivity index (χ1v) is 5.61. The molecule has 1 heterocycles. The number of hydrogen-bond acceptors (Lipinski definition) is 7. The maximum absolute atomic E-state index is 11.2. The molecule has 0 radical (unpaired) electrons. The molecule has 9 heteroatoms. The van der Waals surface area contributed by atoms with E-state index in [2.05, 4.69) is 15.5 Å². The summed E-state index contributed by atoms with van der Waals surface area (Å²) >= 11 is 0.710. The van der Waals surface area contributed by atoms with Crippen molar-refractivity contribution in [2.45, 2.75) is 5.37 Å². The van der Waals surface area contributed by atoms with Gasteiger partial charge in [0.15, 0.2) is 0 Å². The van der Waals surface area contributed by atoms with E-state index in [4.69, 9.17) is 0 Å². The van der Waals surface area contributed by atoms with Gasteiger partial charge in [0.25, 0.3) is 16.8 Å². The Labute approximate surface area is 105 Å². The highest BCUT2D eigenvalue weighted by molar-refractivity contribution is 8.15. The van der Waals surface area contributed by atoms with E-state index in [0.717, 1.165) is 0 Å². The van der Waals surface area contributed by atoms with E-state index in [1.807, 2.05) is 0 Å². The van der Waals surface area contributed by atoms with Crippen molar-refractivity contribution in [3.8, 4) is 0 Å². The van der Waals surface area contributed by atoms with Crippen LogP contribution in [0.1, 0.15) is 0 Å². The molecule has 1 unspecified atom stereocenters. The van der Waals surface area contributed by atoms with Crippen LogP contribution in [0.2, 0.25) is 0 Å². The summed E-state index contributed by atoms with van der Waals surface area (Å²) in [6.45, 7) is 0. The summed E-state index contributed by atoms with van der Waals surface area (Å²) in [5.41, 5.74) is 0.128. The summed E-state index contributed by atoms with van der Waals surface area (Å²) in [6.07, 6.45) is 0. The first kappa shape index (κ1) is 12.2. The third-order valence-corrected chi connectivity index (χ3v) is 2.83. The minimum atomic E-state index is -0.934. The van der Waals surface area contributed by atoms with E-state index in [9.17, 15) is 19.7 Å². The topological polar surface area (TPSA) is 114 Å². The van der Waals surface area contributed by atoms with Gasteiger partial charge >= 0.3 is 0 Å². The van der Waals surface area contributed by atoms with Gasteiger partial charge in [0, 0.05) is 12.1 Å².